The van der Waals surface area contributed by atoms with Crippen molar-refractivity contribution in [3.8, 4) is 0 Å². The summed E-state index contributed by atoms with van der Waals surface area (Å²) in [5.74, 6) is -0.917. The average molecular weight is 300 g/mol. The topological polar surface area (TPSA) is 85.0 Å². The summed E-state index contributed by atoms with van der Waals surface area (Å²) in [5.41, 5.74) is -0.711. The fourth-order valence-electron chi connectivity index (χ4n) is 1.70. The minimum absolute atomic E-state index is 0.000886. The van der Waals surface area contributed by atoms with Gasteiger partial charge in [-0.1, -0.05) is 12.1 Å². The molecule has 0 bridgehead atoms. The van der Waals surface area contributed by atoms with Crippen molar-refractivity contribution in [3.05, 3.63) is 35.4 Å². The van der Waals surface area contributed by atoms with E-state index in [-0.39, 0.29) is 29.8 Å². The van der Waals surface area contributed by atoms with Gasteiger partial charge < -0.3 is 10.5 Å². The Morgan fingerprint density at radius 3 is 2.05 bits per heavy atom. The van der Waals surface area contributed by atoms with E-state index in [0.29, 0.717) is 12.8 Å². The van der Waals surface area contributed by atoms with Crippen molar-refractivity contribution in [1.82, 2.24) is 0 Å². The van der Waals surface area contributed by atoms with Gasteiger partial charge in [0, 0.05) is 12.0 Å². The maximum absolute atomic E-state index is 12.4. The SMILES string of the molecule is N=C(CCCCC(=O)O)C(=N)c1ccc(C(F)(F)F)cc1. The Kier molecular flexibility index (Phi) is 5.63. The maximum Gasteiger partial charge on any atom is 0.416 e. The molecule has 21 heavy (non-hydrogen) atoms. The lowest BCUT2D eigenvalue weighted by atomic mass is 10.00. The van der Waals surface area contributed by atoms with E-state index in [1.165, 1.54) is 0 Å². The summed E-state index contributed by atoms with van der Waals surface area (Å²) >= 11 is 0. The van der Waals surface area contributed by atoms with Gasteiger partial charge in [0.2, 0.25) is 0 Å². The van der Waals surface area contributed by atoms with Crippen LogP contribution in [-0.4, -0.2) is 22.5 Å². The van der Waals surface area contributed by atoms with Crippen LogP contribution in [0.4, 0.5) is 13.2 Å². The predicted molar refractivity (Wildman–Crippen MR) is 72.1 cm³/mol. The van der Waals surface area contributed by atoms with Crippen LogP contribution in [0.2, 0.25) is 0 Å². The molecule has 114 valence electrons. The molecule has 0 saturated heterocycles. The Hall–Kier alpha value is -2.18. The molecule has 0 spiro atoms. The number of alkyl halides is 3. The first kappa shape index (κ1) is 16.9. The molecule has 4 nitrogen and oxygen atoms in total. The van der Waals surface area contributed by atoms with Crippen LogP contribution in [0.15, 0.2) is 24.3 Å². The molecular weight excluding hydrogens is 285 g/mol. The van der Waals surface area contributed by atoms with Gasteiger partial charge in [-0.15, -0.1) is 0 Å². The summed E-state index contributed by atoms with van der Waals surface area (Å²) in [6.07, 6.45) is -3.34. The van der Waals surface area contributed by atoms with E-state index in [4.69, 9.17) is 15.9 Å². The summed E-state index contributed by atoms with van der Waals surface area (Å²) in [5, 5.41) is 23.9. The van der Waals surface area contributed by atoms with E-state index >= 15 is 0 Å². The highest BCUT2D eigenvalue weighted by molar-refractivity contribution is 6.46. The quantitative estimate of drug-likeness (QED) is 0.529. The normalized spacial score (nSPS) is 11.2. The van der Waals surface area contributed by atoms with Crippen LogP contribution in [-0.2, 0) is 11.0 Å². The standard InChI is InChI=1S/C14H15F3N2O2/c15-14(16,17)10-7-5-9(6-8-10)13(19)11(18)3-1-2-4-12(20)21/h5-8,18-19H,1-4H2,(H,20,21). The summed E-state index contributed by atoms with van der Waals surface area (Å²) < 4.78 is 37.2. The Labute approximate surface area is 119 Å². The average Bonchev–Trinajstić information content (AvgIpc) is 2.41. The molecule has 1 aromatic rings. The van der Waals surface area contributed by atoms with Crippen LogP contribution in [0.3, 0.4) is 0 Å². The van der Waals surface area contributed by atoms with Crippen LogP contribution < -0.4 is 0 Å². The lowest BCUT2D eigenvalue weighted by Crippen LogP contribution is -2.14. The highest BCUT2D eigenvalue weighted by Crippen LogP contribution is 2.29. The zero-order valence-corrected chi connectivity index (χ0v) is 11.1. The number of carbonyl (C=O) groups is 1. The second-order valence-corrected chi connectivity index (χ2v) is 4.53. The van der Waals surface area contributed by atoms with Crippen LogP contribution in [0, 0.1) is 10.8 Å². The number of carboxylic acids is 1. The number of hydrogen-bond acceptors (Lipinski definition) is 3. The van der Waals surface area contributed by atoms with Gasteiger partial charge in [0.25, 0.3) is 0 Å². The minimum atomic E-state index is -4.43. The van der Waals surface area contributed by atoms with Crippen LogP contribution in [0.5, 0.6) is 0 Å². The van der Waals surface area contributed by atoms with Gasteiger partial charge in [-0.25, -0.2) is 0 Å². The number of benzene rings is 1. The number of rotatable bonds is 7. The second-order valence-electron chi connectivity index (χ2n) is 4.53. The van der Waals surface area contributed by atoms with Gasteiger partial charge in [0.15, 0.2) is 0 Å². The largest absolute Gasteiger partial charge is 0.481 e. The Bertz CT molecular complexity index is 536. The zero-order chi connectivity index (χ0) is 16.0. The molecule has 0 aromatic heterocycles. The van der Waals surface area contributed by atoms with Gasteiger partial charge in [0.05, 0.1) is 17.0 Å². The summed E-state index contributed by atoms with van der Waals surface area (Å²) in [4.78, 5) is 10.3. The number of halogens is 3. The fraction of sp³-hybridized carbons (Fsp3) is 0.357. The van der Waals surface area contributed by atoms with Gasteiger partial charge in [0.1, 0.15) is 0 Å². The first-order valence-electron chi connectivity index (χ1n) is 6.27. The molecule has 0 aliphatic carbocycles. The molecule has 1 aromatic carbocycles. The number of nitrogens with one attached hydrogen (secondary N) is 2. The number of carboxylic acid groups (broad SMARTS) is 1. The lowest BCUT2D eigenvalue weighted by Gasteiger charge is -2.09. The Morgan fingerprint density at radius 2 is 1.57 bits per heavy atom. The molecule has 1 rings (SSSR count). The van der Waals surface area contributed by atoms with E-state index in [1.807, 2.05) is 0 Å². The number of aliphatic carboxylic acids is 1. The van der Waals surface area contributed by atoms with Crippen LogP contribution >= 0.6 is 0 Å². The Balaban J connectivity index is 2.58. The molecule has 0 amide bonds. The molecule has 0 fully saturated rings. The molecule has 0 heterocycles. The number of hydrogen-bond donors (Lipinski definition) is 3. The van der Waals surface area contributed by atoms with Crippen molar-refractivity contribution < 1.29 is 23.1 Å². The maximum atomic E-state index is 12.4. The van der Waals surface area contributed by atoms with Crippen LogP contribution in [0.25, 0.3) is 0 Å². The molecule has 0 unspecified atom stereocenters. The third-order valence-electron chi connectivity index (χ3n) is 2.87. The van der Waals surface area contributed by atoms with Gasteiger partial charge in [-0.3, -0.25) is 10.2 Å². The highest BCUT2D eigenvalue weighted by atomic mass is 19.4. The molecule has 7 heteroatoms. The third-order valence-corrected chi connectivity index (χ3v) is 2.87. The van der Waals surface area contributed by atoms with E-state index < -0.39 is 17.7 Å². The second kappa shape index (κ2) is 7.01. The fourth-order valence-corrected chi connectivity index (χ4v) is 1.70. The molecule has 0 saturated carbocycles. The third kappa shape index (κ3) is 5.37. The molecule has 0 radical (unpaired) electrons. The molecular formula is C14H15F3N2O2. The summed E-state index contributed by atoms with van der Waals surface area (Å²) in [6.45, 7) is 0. The number of unbranched alkanes of at least 4 members (excludes halogenated alkanes) is 1. The molecule has 3 N–H and O–H groups in total. The minimum Gasteiger partial charge on any atom is -0.481 e. The van der Waals surface area contributed by atoms with Crippen LogP contribution in [0.1, 0.15) is 36.8 Å². The van der Waals surface area contributed by atoms with Gasteiger partial charge >= 0.3 is 12.1 Å². The zero-order valence-electron chi connectivity index (χ0n) is 11.1. The van der Waals surface area contributed by atoms with Crippen molar-refractivity contribution in [2.75, 3.05) is 0 Å². The molecule has 0 aliphatic heterocycles. The van der Waals surface area contributed by atoms with Crippen molar-refractivity contribution in [3.63, 3.8) is 0 Å². The summed E-state index contributed by atoms with van der Waals surface area (Å²) in [6, 6.07) is 4.08. The molecule has 0 atom stereocenters. The Morgan fingerprint density at radius 1 is 1.05 bits per heavy atom. The first-order valence-corrected chi connectivity index (χ1v) is 6.27. The monoisotopic (exact) mass is 300 g/mol. The van der Waals surface area contributed by atoms with Crippen molar-refractivity contribution in [2.45, 2.75) is 31.9 Å². The highest BCUT2D eigenvalue weighted by Gasteiger charge is 2.30. The predicted octanol–water partition coefficient (Wildman–Crippen LogP) is 3.74. The van der Waals surface area contributed by atoms with Crippen molar-refractivity contribution in [2.24, 2.45) is 0 Å². The first-order chi connectivity index (χ1) is 9.71. The molecule has 0 aliphatic rings. The van der Waals surface area contributed by atoms with Crippen molar-refractivity contribution in [1.29, 1.82) is 10.8 Å². The van der Waals surface area contributed by atoms with E-state index in [2.05, 4.69) is 0 Å². The smallest absolute Gasteiger partial charge is 0.416 e. The van der Waals surface area contributed by atoms with E-state index in [9.17, 15) is 18.0 Å². The van der Waals surface area contributed by atoms with E-state index in [1.54, 1.807) is 0 Å². The summed E-state index contributed by atoms with van der Waals surface area (Å²) in [7, 11) is 0. The van der Waals surface area contributed by atoms with E-state index in [0.717, 1.165) is 24.3 Å². The van der Waals surface area contributed by atoms with Crippen molar-refractivity contribution >= 4 is 17.4 Å². The van der Waals surface area contributed by atoms with Gasteiger partial charge in [-0.2, -0.15) is 13.2 Å². The van der Waals surface area contributed by atoms with Gasteiger partial charge in [-0.05, 0) is 31.4 Å². The lowest BCUT2D eigenvalue weighted by molar-refractivity contribution is -0.138.